The smallest absolute Gasteiger partial charge is 1.00 e. The topological polar surface area (TPSA) is 115 Å². The minimum absolute atomic E-state index is 0. The SMILES string of the molecule is O=C(O)c1cc2ccccc2c(Cc2c(O)c(C(=O)O)cc3ccccc23)c1O.[H-].[H-].[K+].[K+]. The summed E-state index contributed by atoms with van der Waals surface area (Å²) in [7, 11) is 0. The minimum Gasteiger partial charge on any atom is -1.00 e. The third-order valence-electron chi connectivity index (χ3n) is 5.07. The molecule has 4 aromatic rings. The molecular formula is C23H18K2O6. The second-order valence-electron chi connectivity index (χ2n) is 6.73. The van der Waals surface area contributed by atoms with E-state index in [2.05, 4.69) is 0 Å². The molecule has 6 nitrogen and oxygen atoms in total. The molecule has 8 heteroatoms. The Balaban J connectivity index is 0.00000256. The van der Waals surface area contributed by atoms with Gasteiger partial charge in [0, 0.05) is 17.5 Å². The van der Waals surface area contributed by atoms with E-state index in [9.17, 15) is 30.0 Å². The summed E-state index contributed by atoms with van der Waals surface area (Å²) < 4.78 is 0. The second-order valence-corrected chi connectivity index (χ2v) is 6.73. The molecule has 148 valence electrons. The first-order valence-corrected chi connectivity index (χ1v) is 8.82. The zero-order chi connectivity index (χ0) is 20.7. The molecule has 0 spiro atoms. The number of carboxylic acids is 2. The van der Waals surface area contributed by atoms with E-state index in [1.54, 1.807) is 48.5 Å². The van der Waals surface area contributed by atoms with Crippen molar-refractivity contribution >= 4 is 33.5 Å². The molecule has 4 rings (SSSR count). The summed E-state index contributed by atoms with van der Waals surface area (Å²) in [5.41, 5.74) is 0.112. The zero-order valence-corrected chi connectivity index (χ0v) is 23.3. The summed E-state index contributed by atoms with van der Waals surface area (Å²) in [6.45, 7) is 0. The van der Waals surface area contributed by atoms with Gasteiger partial charge < -0.3 is 23.3 Å². The van der Waals surface area contributed by atoms with Gasteiger partial charge in [0.2, 0.25) is 0 Å². The van der Waals surface area contributed by atoms with Crippen molar-refractivity contribution in [2.75, 3.05) is 0 Å². The van der Waals surface area contributed by atoms with E-state index in [0.29, 0.717) is 32.7 Å². The zero-order valence-electron chi connectivity index (χ0n) is 19.1. The Hall–Kier alpha value is -0.787. The molecule has 0 saturated carbocycles. The number of rotatable bonds is 4. The van der Waals surface area contributed by atoms with E-state index in [1.807, 2.05) is 0 Å². The predicted molar refractivity (Wildman–Crippen MR) is 110 cm³/mol. The summed E-state index contributed by atoms with van der Waals surface area (Å²) >= 11 is 0. The van der Waals surface area contributed by atoms with Crippen LogP contribution in [0.2, 0.25) is 0 Å². The number of benzene rings is 4. The van der Waals surface area contributed by atoms with Crippen molar-refractivity contribution in [2.24, 2.45) is 0 Å². The minimum atomic E-state index is -1.28. The van der Waals surface area contributed by atoms with E-state index >= 15 is 0 Å². The van der Waals surface area contributed by atoms with Gasteiger partial charge in [0.15, 0.2) is 0 Å². The Bertz CT molecular complexity index is 1230. The maximum Gasteiger partial charge on any atom is 1.00 e. The molecule has 0 radical (unpaired) electrons. The number of aromatic hydroxyl groups is 2. The number of carbonyl (C=O) groups is 2. The summed E-state index contributed by atoms with van der Waals surface area (Å²) in [5.74, 6) is -3.36. The fourth-order valence-corrected chi connectivity index (χ4v) is 3.68. The Morgan fingerprint density at radius 2 is 1.03 bits per heavy atom. The first kappa shape index (κ1) is 26.5. The fourth-order valence-electron chi connectivity index (χ4n) is 3.68. The fraction of sp³-hybridized carbons (Fsp3) is 0.0435. The average molecular weight is 469 g/mol. The number of fused-ring (bicyclic) bond motifs is 2. The van der Waals surface area contributed by atoms with Crippen molar-refractivity contribution in [1.29, 1.82) is 0 Å². The third kappa shape index (κ3) is 5.09. The first-order chi connectivity index (χ1) is 13.9. The van der Waals surface area contributed by atoms with Crippen LogP contribution < -0.4 is 103 Å². The molecule has 0 fully saturated rings. The number of hydrogen-bond donors (Lipinski definition) is 4. The van der Waals surface area contributed by atoms with Gasteiger partial charge in [-0.2, -0.15) is 0 Å². The standard InChI is InChI=1S/C23H16O6.2K.2H/c24-20-16(14-7-3-1-5-12(14)9-18(20)22(26)27)11-17-15-8-4-2-6-13(15)10-19(21(17)25)23(28)29;;;;/h1-10,24-25H,11H2,(H,26,27)(H,28,29);;;;/q;2*+1;2*-1. The van der Waals surface area contributed by atoms with E-state index in [0.717, 1.165) is 0 Å². The van der Waals surface area contributed by atoms with Crippen molar-refractivity contribution in [3.05, 3.63) is 82.9 Å². The Morgan fingerprint density at radius 3 is 1.39 bits per heavy atom. The molecule has 0 unspecified atom stereocenters. The van der Waals surface area contributed by atoms with Crippen molar-refractivity contribution in [2.45, 2.75) is 6.42 Å². The molecule has 0 atom stereocenters. The number of phenols is 2. The van der Waals surface area contributed by atoms with Crippen molar-refractivity contribution in [1.82, 2.24) is 0 Å². The normalized spacial score (nSPS) is 10.3. The summed E-state index contributed by atoms with van der Waals surface area (Å²) in [5, 5.41) is 42.8. The van der Waals surface area contributed by atoms with Crippen molar-refractivity contribution < 1.29 is 136 Å². The van der Waals surface area contributed by atoms with Gasteiger partial charge in [-0.15, -0.1) is 0 Å². The average Bonchev–Trinajstić information content (AvgIpc) is 2.70. The van der Waals surface area contributed by atoms with Gasteiger partial charge in [-0.05, 0) is 33.7 Å². The first-order valence-electron chi connectivity index (χ1n) is 8.82. The molecule has 0 bridgehead atoms. The maximum absolute atomic E-state index is 11.6. The van der Waals surface area contributed by atoms with Gasteiger partial charge >= 0.3 is 115 Å². The molecule has 4 N–H and O–H groups in total. The van der Waals surface area contributed by atoms with Crippen LogP contribution >= 0.6 is 0 Å². The van der Waals surface area contributed by atoms with Gasteiger partial charge in [-0.1, -0.05) is 48.5 Å². The van der Waals surface area contributed by atoms with Crippen molar-refractivity contribution in [3.63, 3.8) is 0 Å². The van der Waals surface area contributed by atoms with Gasteiger partial charge in [-0.3, -0.25) is 0 Å². The molecule has 0 aliphatic heterocycles. The van der Waals surface area contributed by atoms with Crippen LogP contribution in [0.5, 0.6) is 11.5 Å². The molecule has 0 aliphatic carbocycles. The number of carboxylic acid groups (broad SMARTS) is 2. The summed E-state index contributed by atoms with van der Waals surface area (Å²) in [6, 6.07) is 16.8. The third-order valence-corrected chi connectivity index (χ3v) is 5.07. The quantitative estimate of drug-likeness (QED) is 0.275. The van der Waals surface area contributed by atoms with E-state index < -0.39 is 23.4 Å². The molecule has 0 aromatic heterocycles. The van der Waals surface area contributed by atoms with Crippen LogP contribution in [0.1, 0.15) is 34.7 Å². The van der Waals surface area contributed by atoms with Crippen LogP contribution in [0.3, 0.4) is 0 Å². The van der Waals surface area contributed by atoms with Crippen LogP contribution in [0.4, 0.5) is 0 Å². The summed E-state index contributed by atoms with van der Waals surface area (Å²) in [6.07, 6.45) is -0.0407. The van der Waals surface area contributed by atoms with Gasteiger partial charge in [0.1, 0.15) is 22.6 Å². The molecular weight excluding hydrogens is 450 g/mol. The molecule has 4 aromatic carbocycles. The number of hydrogen-bond acceptors (Lipinski definition) is 4. The van der Waals surface area contributed by atoms with Crippen LogP contribution in [-0.2, 0) is 6.42 Å². The molecule has 0 heterocycles. The predicted octanol–water partition coefficient (Wildman–Crippen LogP) is -1.38. The number of aromatic carboxylic acids is 2. The molecule has 0 saturated heterocycles. The van der Waals surface area contributed by atoms with E-state index in [4.69, 9.17) is 0 Å². The van der Waals surface area contributed by atoms with Crippen LogP contribution in [-0.4, -0.2) is 32.4 Å². The molecule has 0 aliphatic rings. The molecule has 0 amide bonds. The molecule has 31 heavy (non-hydrogen) atoms. The maximum atomic E-state index is 11.6. The van der Waals surface area contributed by atoms with Gasteiger partial charge in [0.05, 0.1) is 0 Å². The van der Waals surface area contributed by atoms with Gasteiger partial charge in [-0.25, -0.2) is 9.59 Å². The van der Waals surface area contributed by atoms with Gasteiger partial charge in [0.25, 0.3) is 0 Å². The second kappa shape index (κ2) is 10.9. The Kier molecular flexibility index (Phi) is 9.29. The summed E-state index contributed by atoms with van der Waals surface area (Å²) in [4.78, 5) is 23.2. The Morgan fingerprint density at radius 1 is 0.677 bits per heavy atom. The van der Waals surface area contributed by atoms with E-state index in [-0.39, 0.29) is 123 Å². The van der Waals surface area contributed by atoms with Crippen LogP contribution in [0.15, 0.2) is 60.7 Å². The monoisotopic (exact) mass is 468 g/mol. The van der Waals surface area contributed by atoms with Crippen molar-refractivity contribution in [3.8, 4) is 11.5 Å². The Labute approximate surface area is 265 Å². The van der Waals surface area contributed by atoms with Crippen LogP contribution in [0.25, 0.3) is 21.5 Å². The largest absolute Gasteiger partial charge is 1.00 e. The van der Waals surface area contributed by atoms with Crippen LogP contribution in [0, 0.1) is 0 Å². The van der Waals surface area contributed by atoms with E-state index in [1.165, 1.54) is 12.1 Å².